The molecule has 1 N–H and O–H groups in total. The minimum atomic E-state index is -0.373. The van der Waals surface area contributed by atoms with E-state index in [1.807, 2.05) is 22.6 Å². The van der Waals surface area contributed by atoms with E-state index >= 15 is 0 Å². The summed E-state index contributed by atoms with van der Waals surface area (Å²) >= 11 is 7.84. The van der Waals surface area contributed by atoms with Crippen LogP contribution >= 0.6 is 34.2 Å². The highest BCUT2D eigenvalue weighted by atomic mass is 127. The Balaban J connectivity index is 1.77. The molecule has 0 bridgehead atoms. The van der Waals surface area contributed by atoms with Crippen molar-refractivity contribution in [1.29, 1.82) is 0 Å². The van der Waals surface area contributed by atoms with Gasteiger partial charge in [0.25, 0.3) is 5.91 Å². The van der Waals surface area contributed by atoms with Crippen LogP contribution in [0.25, 0.3) is 0 Å². The summed E-state index contributed by atoms with van der Waals surface area (Å²) in [5.41, 5.74) is 2.34. The summed E-state index contributed by atoms with van der Waals surface area (Å²) in [6, 6.07) is 10.4. The molecular weight excluding hydrogens is 395 g/mol. The van der Waals surface area contributed by atoms with Crippen molar-refractivity contribution in [2.24, 2.45) is 5.10 Å². The summed E-state index contributed by atoms with van der Waals surface area (Å²) in [7, 11) is 0. The molecule has 2 aromatic rings. The minimum absolute atomic E-state index is 0.145. The average Bonchev–Trinajstić information content (AvgIpc) is 2.82. The molecule has 1 aromatic carbocycles. The van der Waals surface area contributed by atoms with Gasteiger partial charge in [0, 0.05) is 5.02 Å². The highest BCUT2D eigenvalue weighted by molar-refractivity contribution is 14.1. The number of furan rings is 1. The highest BCUT2D eigenvalue weighted by Gasteiger charge is 2.02. The van der Waals surface area contributed by atoms with Gasteiger partial charge < -0.3 is 9.15 Å². The first-order valence-electron chi connectivity index (χ1n) is 5.59. The molecule has 1 amide bonds. The molecule has 0 unspecified atom stereocenters. The van der Waals surface area contributed by atoms with Crippen LogP contribution in [0.2, 0.25) is 5.02 Å². The van der Waals surface area contributed by atoms with E-state index in [4.69, 9.17) is 20.8 Å². The predicted molar refractivity (Wildman–Crippen MR) is 84.1 cm³/mol. The maximum atomic E-state index is 11.5. The van der Waals surface area contributed by atoms with Gasteiger partial charge in [-0.25, -0.2) is 5.43 Å². The molecule has 20 heavy (non-hydrogen) atoms. The predicted octanol–water partition coefficient (Wildman–Crippen LogP) is 3.07. The van der Waals surface area contributed by atoms with Crippen molar-refractivity contribution in [3.8, 4) is 5.75 Å². The van der Waals surface area contributed by atoms with E-state index in [0.717, 1.165) is 3.77 Å². The van der Waals surface area contributed by atoms with Gasteiger partial charge in [0.15, 0.2) is 10.4 Å². The number of nitrogens with zero attached hydrogens (tertiary/aromatic N) is 1. The van der Waals surface area contributed by atoms with Gasteiger partial charge in [0.05, 0.1) is 6.21 Å². The van der Waals surface area contributed by atoms with Crippen molar-refractivity contribution >= 4 is 46.3 Å². The second-order valence-corrected chi connectivity index (χ2v) is 5.18. The quantitative estimate of drug-likeness (QED) is 0.473. The number of nitrogens with one attached hydrogen (secondary N) is 1. The third kappa shape index (κ3) is 4.86. The molecule has 0 aliphatic carbocycles. The summed E-state index contributed by atoms with van der Waals surface area (Å²) in [6.07, 6.45) is 1.42. The summed E-state index contributed by atoms with van der Waals surface area (Å²) in [5.74, 6) is 0.713. The number of carbonyl (C=O) groups is 1. The zero-order valence-corrected chi connectivity index (χ0v) is 13.1. The number of rotatable bonds is 5. The Morgan fingerprint density at radius 2 is 2.30 bits per heavy atom. The molecule has 7 heteroatoms. The fourth-order valence-corrected chi connectivity index (χ4v) is 1.92. The van der Waals surface area contributed by atoms with Crippen molar-refractivity contribution in [1.82, 2.24) is 5.43 Å². The number of hydrazone groups is 1. The van der Waals surface area contributed by atoms with Crippen LogP contribution < -0.4 is 10.2 Å². The standard InChI is InChI=1S/C13H10ClIN2O3/c14-9-2-1-3-10(6-9)19-8-13(18)17-16-7-11-4-5-12(15)20-11/h1-7H,8H2,(H,17,18). The first-order valence-corrected chi connectivity index (χ1v) is 7.05. The van der Waals surface area contributed by atoms with Gasteiger partial charge in [-0.2, -0.15) is 5.10 Å². The minimum Gasteiger partial charge on any atom is -0.484 e. The third-order valence-electron chi connectivity index (χ3n) is 2.14. The molecule has 0 radical (unpaired) electrons. The molecule has 0 atom stereocenters. The van der Waals surface area contributed by atoms with Crippen LogP contribution in [0, 0.1) is 3.77 Å². The maximum Gasteiger partial charge on any atom is 0.277 e. The van der Waals surface area contributed by atoms with Crippen molar-refractivity contribution in [3.63, 3.8) is 0 Å². The Hall–Kier alpha value is -1.54. The van der Waals surface area contributed by atoms with Crippen LogP contribution in [0.5, 0.6) is 5.75 Å². The van der Waals surface area contributed by atoms with Gasteiger partial charge in [0.2, 0.25) is 0 Å². The van der Waals surface area contributed by atoms with Crippen LogP contribution in [0.1, 0.15) is 5.76 Å². The molecule has 0 saturated carbocycles. The molecule has 0 saturated heterocycles. The first-order chi connectivity index (χ1) is 9.63. The first kappa shape index (κ1) is 14.9. The molecule has 0 aliphatic rings. The molecule has 2 rings (SSSR count). The summed E-state index contributed by atoms with van der Waals surface area (Å²) in [5, 5.41) is 4.31. The molecule has 1 aromatic heterocycles. The Labute approximate surface area is 134 Å². The summed E-state index contributed by atoms with van der Waals surface area (Å²) < 4.78 is 11.3. The van der Waals surface area contributed by atoms with Gasteiger partial charge in [-0.3, -0.25) is 4.79 Å². The molecule has 104 valence electrons. The number of benzene rings is 1. The summed E-state index contributed by atoms with van der Waals surface area (Å²) in [6.45, 7) is -0.145. The second kappa shape index (κ2) is 7.30. The van der Waals surface area contributed by atoms with Crippen molar-refractivity contribution in [2.45, 2.75) is 0 Å². The molecule has 5 nitrogen and oxygen atoms in total. The summed E-state index contributed by atoms with van der Waals surface area (Å²) in [4.78, 5) is 11.5. The Bertz CT molecular complexity index is 628. The van der Waals surface area contributed by atoms with Crippen molar-refractivity contribution in [2.75, 3.05) is 6.61 Å². The van der Waals surface area contributed by atoms with Crippen LogP contribution in [-0.4, -0.2) is 18.7 Å². The number of halogens is 2. The van der Waals surface area contributed by atoms with E-state index in [1.54, 1.807) is 36.4 Å². The Morgan fingerprint density at radius 1 is 1.45 bits per heavy atom. The second-order valence-electron chi connectivity index (χ2n) is 3.68. The maximum absolute atomic E-state index is 11.5. The largest absolute Gasteiger partial charge is 0.484 e. The van der Waals surface area contributed by atoms with Crippen LogP contribution in [-0.2, 0) is 4.79 Å². The fourth-order valence-electron chi connectivity index (χ4n) is 1.30. The van der Waals surface area contributed by atoms with Gasteiger partial charge in [-0.05, 0) is 52.9 Å². The zero-order chi connectivity index (χ0) is 14.4. The lowest BCUT2D eigenvalue weighted by atomic mass is 10.3. The van der Waals surface area contributed by atoms with E-state index in [9.17, 15) is 4.79 Å². The number of amides is 1. The lowest BCUT2D eigenvalue weighted by Gasteiger charge is -2.04. The molecule has 0 spiro atoms. The Kier molecular flexibility index (Phi) is 5.42. The van der Waals surface area contributed by atoms with Crippen molar-refractivity contribution in [3.05, 3.63) is 50.9 Å². The SMILES string of the molecule is O=C(COc1cccc(Cl)c1)NN=Cc1ccc(I)o1. The topological polar surface area (TPSA) is 63.8 Å². The van der Waals surface area contributed by atoms with E-state index < -0.39 is 0 Å². The fraction of sp³-hybridized carbons (Fsp3) is 0.0769. The zero-order valence-electron chi connectivity index (χ0n) is 10.2. The van der Waals surface area contributed by atoms with E-state index in [0.29, 0.717) is 16.5 Å². The lowest BCUT2D eigenvalue weighted by Crippen LogP contribution is -2.24. The number of ether oxygens (including phenoxy) is 1. The molecular formula is C13H10ClIN2O3. The molecule has 0 fully saturated rings. The highest BCUT2D eigenvalue weighted by Crippen LogP contribution is 2.16. The third-order valence-corrected chi connectivity index (χ3v) is 2.96. The Morgan fingerprint density at radius 3 is 3.00 bits per heavy atom. The monoisotopic (exact) mass is 404 g/mol. The number of hydrogen-bond donors (Lipinski definition) is 1. The van der Waals surface area contributed by atoms with Crippen LogP contribution in [0.3, 0.4) is 0 Å². The van der Waals surface area contributed by atoms with Crippen LogP contribution in [0.15, 0.2) is 45.9 Å². The van der Waals surface area contributed by atoms with Gasteiger partial charge >= 0.3 is 0 Å². The van der Waals surface area contributed by atoms with E-state index in [1.165, 1.54) is 6.21 Å². The van der Waals surface area contributed by atoms with E-state index in [-0.39, 0.29) is 12.5 Å². The van der Waals surface area contributed by atoms with E-state index in [2.05, 4.69) is 10.5 Å². The number of carbonyl (C=O) groups excluding carboxylic acids is 1. The lowest BCUT2D eigenvalue weighted by molar-refractivity contribution is -0.123. The van der Waals surface area contributed by atoms with Crippen LogP contribution in [0.4, 0.5) is 0 Å². The normalized spacial score (nSPS) is 10.7. The van der Waals surface area contributed by atoms with Gasteiger partial charge in [-0.1, -0.05) is 17.7 Å². The molecule has 0 aliphatic heterocycles. The number of hydrogen-bond acceptors (Lipinski definition) is 4. The smallest absolute Gasteiger partial charge is 0.277 e. The average molecular weight is 405 g/mol. The molecule has 1 heterocycles. The van der Waals surface area contributed by atoms with Gasteiger partial charge in [0.1, 0.15) is 11.5 Å². The van der Waals surface area contributed by atoms with Crippen molar-refractivity contribution < 1.29 is 13.9 Å². The van der Waals surface area contributed by atoms with Gasteiger partial charge in [-0.15, -0.1) is 0 Å².